The lowest BCUT2D eigenvalue weighted by molar-refractivity contribution is -0.122. The van der Waals surface area contributed by atoms with E-state index in [9.17, 15) is 9.59 Å². The number of fused-ring (bicyclic) bond motifs is 2. The van der Waals surface area contributed by atoms with Crippen molar-refractivity contribution in [1.82, 2.24) is 15.2 Å². The Morgan fingerprint density at radius 3 is 2.20 bits per heavy atom. The standard InChI is InChI=1S/C42H61N5O2/c48-41(40-39(32-16-9-5-6-10-17-32)35-29-43-24-20-36(35)46-40)44-23-12-11-13-30-21-25-47(26-22-30)42(49)34-19-18-33-27-37(45-38(33)28-34)31-14-7-3-1-2-4-8-15-31/h18-20,24,28-32,37,39-40,45-46H,1-17,21-23,25-27H2,(H,44,48). The summed E-state index contributed by atoms with van der Waals surface area (Å²) in [6, 6.07) is 8.80. The summed E-state index contributed by atoms with van der Waals surface area (Å²) in [5, 5.41) is 10.7. The van der Waals surface area contributed by atoms with Crippen molar-refractivity contribution < 1.29 is 9.59 Å². The lowest BCUT2D eigenvalue weighted by Gasteiger charge is -2.32. The van der Waals surface area contributed by atoms with Crippen LogP contribution in [0.3, 0.4) is 0 Å². The Labute approximate surface area is 295 Å². The minimum Gasteiger partial charge on any atom is -0.381 e. The number of unbranched alkanes of at least 4 members (excludes halogenated alkanes) is 1. The number of carbonyl (C=O) groups excluding carboxylic acids is 2. The second-order valence-corrected chi connectivity index (χ2v) is 16.2. The number of hydrogen-bond acceptors (Lipinski definition) is 5. The zero-order valence-electron chi connectivity index (χ0n) is 29.9. The molecule has 2 amide bonds. The molecule has 1 aromatic carbocycles. The van der Waals surface area contributed by atoms with Gasteiger partial charge in [0.05, 0.1) is 0 Å². The molecular weight excluding hydrogens is 606 g/mol. The van der Waals surface area contributed by atoms with Crippen LogP contribution < -0.4 is 16.0 Å². The van der Waals surface area contributed by atoms with Crippen LogP contribution in [0, 0.1) is 17.8 Å². The van der Waals surface area contributed by atoms with Crippen molar-refractivity contribution in [3.05, 3.63) is 53.3 Å². The van der Waals surface area contributed by atoms with Crippen LogP contribution >= 0.6 is 0 Å². The van der Waals surface area contributed by atoms with Gasteiger partial charge < -0.3 is 20.9 Å². The first-order valence-corrected chi connectivity index (χ1v) is 20.3. The van der Waals surface area contributed by atoms with Crippen molar-refractivity contribution in [2.45, 2.75) is 146 Å². The topological polar surface area (TPSA) is 86.4 Å². The van der Waals surface area contributed by atoms with Crippen molar-refractivity contribution in [3.8, 4) is 0 Å². The van der Waals surface area contributed by atoms with Gasteiger partial charge in [0.1, 0.15) is 6.04 Å². The zero-order chi connectivity index (χ0) is 33.4. The van der Waals surface area contributed by atoms with Crippen LogP contribution in [0.4, 0.5) is 11.4 Å². The Balaban J connectivity index is 0.825. The number of piperidine rings is 1. The molecule has 2 aromatic rings. The maximum absolute atomic E-state index is 13.5. The first kappa shape index (κ1) is 34.4. The van der Waals surface area contributed by atoms with Crippen molar-refractivity contribution in [3.63, 3.8) is 0 Å². The van der Waals surface area contributed by atoms with Gasteiger partial charge in [-0.3, -0.25) is 14.6 Å². The van der Waals surface area contributed by atoms with Gasteiger partial charge in [-0.25, -0.2) is 0 Å². The molecule has 0 bridgehead atoms. The molecule has 4 heterocycles. The van der Waals surface area contributed by atoms with E-state index >= 15 is 0 Å². The van der Waals surface area contributed by atoms with Crippen molar-refractivity contribution in [2.24, 2.45) is 17.8 Å². The van der Waals surface area contributed by atoms with Gasteiger partial charge in [-0.15, -0.1) is 0 Å². The third-order valence-corrected chi connectivity index (χ3v) is 12.9. The van der Waals surface area contributed by atoms with Crippen LogP contribution in [0.2, 0.25) is 0 Å². The fourth-order valence-electron chi connectivity index (χ4n) is 10.0. The molecule has 5 aliphatic rings. The largest absolute Gasteiger partial charge is 0.381 e. The summed E-state index contributed by atoms with van der Waals surface area (Å²) in [6.45, 7) is 2.43. The Hall–Kier alpha value is -3.09. The predicted octanol–water partition coefficient (Wildman–Crippen LogP) is 8.86. The highest BCUT2D eigenvalue weighted by Gasteiger charge is 2.41. The zero-order valence-corrected chi connectivity index (χ0v) is 29.9. The van der Waals surface area contributed by atoms with E-state index in [0.717, 1.165) is 68.9 Å². The Morgan fingerprint density at radius 1 is 0.776 bits per heavy atom. The Morgan fingerprint density at radius 2 is 1.47 bits per heavy atom. The van der Waals surface area contributed by atoms with Gasteiger partial charge in [-0.1, -0.05) is 83.1 Å². The molecule has 2 aliphatic carbocycles. The first-order chi connectivity index (χ1) is 24.1. The smallest absolute Gasteiger partial charge is 0.253 e. The number of pyridine rings is 1. The quantitative estimate of drug-likeness (QED) is 0.184. The van der Waals surface area contributed by atoms with Gasteiger partial charge in [0.15, 0.2) is 0 Å². The van der Waals surface area contributed by atoms with Crippen LogP contribution in [-0.2, 0) is 11.2 Å². The molecule has 2 saturated carbocycles. The molecular formula is C42H61N5O2. The fourth-order valence-corrected chi connectivity index (χ4v) is 10.0. The van der Waals surface area contributed by atoms with Crippen LogP contribution in [0.15, 0.2) is 36.7 Å². The number of rotatable bonds is 9. The molecule has 3 aliphatic heterocycles. The molecule has 3 fully saturated rings. The fraction of sp³-hybridized carbons (Fsp3) is 0.690. The molecule has 1 aromatic heterocycles. The molecule has 3 unspecified atom stereocenters. The number of benzene rings is 1. The third kappa shape index (κ3) is 8.45. The number of aromatic nitrogens is 1. The van der Waals surface area contributed by atoms with Gasteiger partial charge in [-0.05, 0) is 98.4 Å². The molecule has 7 rings (SSSR count). The van der Waals surface area contributed by atoms with E-state index in [1.165, 1.54) is 113 Å². The third-order valence-electron chi connectivity index (χ3n) is 12.9. The van der Waals surface area contributed by atoms with Crippen molar-refractivity contribution in [1.29, 1.82) is 0 Å². The molecule has 3 atom stereocenters. The van der Waals surface area contributed by atoms with Crippen LogP contribution in [-0.4, -0.2) is 53.4 Å². The predicted molar refractivity (Wildman–Crippen MR) is 199 cm³/mol. The number of nitrogens with one attached hydrogen (secondary N) is 3. The monoisotopic (exact) mass is 667 g/mol. The van der Waals surface area contributed by atoms with E-state index < -0.39 is 0 Å². The van der Waals surface area contributed by atoms with Crippen LogP contribution in [0.25, 0.3) is 0 Å². The van der Waals surface area contributed by atoms with E-state index in [1.807, 2.05) is 18.5 Å². The maximum Gasteiger partial charge on any atom is 0.253 e. The van der Waals surface area contributed by atoms with E-state index in [1.54, 1.807) is 0 Å². The maximum atomic E-state index is 13.5. The Bertz CT molecular complexity index is 1390. The summed E-state index contributed by atoms with van der Waals surface area (Å²) in [6.07, 6.45) is 28.9. The number of likely N-dealkylation sites (tertiary alicyclic amines) is 1. The first-order valence-electron chi connectivity index (χ1n) is 20.3. The lowest BCUT2D eigenvalue weighted by atomic mass is 9.79. The van der Waals surface area contributed by atoms with Crippen molar-refractivity contribution in [2.75, 3.05) is 30.3 Å². The van der Waals surface area contributed by atoms with Crippen LogP contribution in [0.5, 0.6) is 0 Å². The van der Waals surface area contributed by atoms with Gasteiger partial charge in [-0.2, -0.15) is 0 Å². The normalized spacial score (nSPS) is 25.6. The SMILES string of the molecule is O=C(NCCCCC1CCN(C(=O)c2ccc3c(c2)NC(C2CCCCCCCC2)C3)CC1)C1Nc2ccncc2C1C1CCCCCC1. The summed E-state index contributed by atoms with van der Waals surface area (Å²) in [4.78, 5) is 33.5. The van der Waals surface area contributed by atoms with Gasteiger partial charge in [0, 0.05) is 60.9 Å². The summed E-state index contributed by atoms with van der Waals surface area (Å²) < 4.78 is 0. The molecule has 0 spiro atoms. The summed E-state index contributed by atoms with van der Waals surface area (Å²) in [5.74, 6) is 2.52. The average molecular weight is 668 g/mol. The lowest BCUT2D eigenvalue weighted by Crippen LogP contribution is -2.42. The number of carbonyl (C=O) groups is 2. The van der Waals surface area contributed by atoms with E-state index in [0.29, 0.717) is 17.9 Å². The highest BCUT2D eigenvalue weighted by atomic mass is 16.2. The molecule has 0 radical (unpaired) electrons. The van der Waals surface area contributed by atoms with Gasteiger partial charge in [0.25, 0.3) is 5.91 Å². The second-order valence-electron chi connectivity index (χ2n) is 16.2. The molecule has 3 N–H and O–H groups in total. The molecule has 7 nitrogen and oxygen atoms in total. The minimum absolute atomic E-state index is 0.143. The van der Waals surface area contributed by atoms with Gasteiger partial charge in [0.2, 0.25) is 5.91 Å². The number of hydrogen-bond donors (Lipinski definition) is 3. The molecule has 7 heteroatoms. The van der Waals surface area contributed by atoms with E-state index in [-0.39, 0.29) is 23.8 Å². The molecule has 49 heavy (non-hydrogen) atoms. The summed E-state index contributed by atoms with van der Waals surface area (Å²) >= 11 is 0. The number of anilines is 2. The average Bonchev–Trinajstić information content (AvgIpc) is 3.67. The molecule has 266 valence electrons. The second kappa shape index (κ2) is 16.7. The minimum atomic E-state index is -0.192. The molecule has 1 saturated heterocycles. The van der Waals surface area contributed by atoms with Gasteiger partial charge >= 0.3 is 0 Å². The Kier molecular flexibility index (Phi) is 11.7. The summed E-state index contributed by atoms with van der Waals surface area (Å²) in [5.41, 5.74) is 5.75. The number of nitrogens with zero attached hydrogens (tertiary/aromatic N) is 2. The van der Waals surface area contributed by atoms with Crippen molar-refractivity contribution >= 4 is 23.2 Å². The van der Waals surface area contributed by atoms with Crippen LogP contribution in [0.1, 0.15) is 149 Å². The van der Waals surface area contributed by atoms with E-state index in [4.69, 9.17) is 0 Å². The highest BCUT2D eigenvalue weighted by Crippen LogP contribution is 2.45. The summed E-state index contributed by atoms with van der Waals surface area (Å²) in [7, 11) is 0. The number of amides is 2. The van der Waals surface area contributed by atoms with E-state index in [2.05, 4.69) is 44.0 Å². The highest BCUT2D eigenvalue weighted by molar-refractivity contribution is 5.95.